The highest BCUT2D eigenvalue weighted by Crippen LogP contribution is 2.30. The Balaban J connectivity index is 1.50. The van der Waals surface area contributed by atoms with Gasteiger partial charge in [-0.25, -0.2) is 8.42 Å². The molecule has 0 saturated carbocycles. The number of amides is 1. The summed E-state index contributed by atoms with van der Waals surface area (Å²) in [5.41, 5.74) is 3.24. The molecule has 1 heterocycles. The summed E-state index contributed by atoms with van der Waals surface area (Å²) in [5.74, 6) is -0.618. The third-order valence-corrected chi connectivity index (χ3v) is 8.67. The summed E-state index contributed by atoms with van der Waals surface area (Å²) in [6.45, 7) is -2.11. The highest BCUT2D eigenvalue weighted by Gasteiger charge is 2.27. The fourth-order valence-electron chi connectivity index (χ4n) is 4.72. The first-order valence-corrected chi connectivity index (χ1v) is 14.6. The van der Waals surface area contributed by atoms with E-state index >= 15 is 0 Å². The number of rotatable bonds is 9. The molecule has 1 aliphatic heterocycles. The number of carbonyl (C=O) groups is 1. The number of halogens is 2. The van der Waals surface area contributed by atoms with Gasteiger partial charge >= 0.3 is 6.61 Å². The number of benzene rings is 4. The molecular formula is C32H28F2N2O4S. The molecule has 0 bridgehead atoms. The SMILES string of the molecule is O=C(Nc1cccc(S(=O)(=O)N2CCCC2)c1)C(=Cc1ccccc1OC(F)F)c1ccc(-c2ccccc2)cc1. The van der Waals surface area contributed by atoms with Crippen molar-refractivity contribution in [3.8, 4) is 16.9 Å². The molecule has 5 rings (SSSR count). The van der Waals surface area contributed by atoms with Crippen molar-refractivity contribution in [1.82, 2.24) is 4.31 Å². The number of para-hydroxylation sites is 1. The topological polar surface area (TPSA) is 75.7 Å². The summed E-state index contributed by atoms with van der Waals surface area (Å²) < 4.78 is 58.4. The number of nitrogens with zero attached hydrogens (tertiary/aromatic N) is 1. The second-order valence-electron chi connectivity index (χ2n) is 9.51. The molecule has 1 saturated heterocycles. The first-order chi connectivity index (χ1) is 19.8. The van der Waals surface area contributed by atoms with E-state index < -0.39 is 22.5 Å². The van der Waals surface area contributed by atoms with E-state index in [9.17, 15) is 22.0 Å². The normalized spacial score (nSPS) is 14.3. The van der Waals surface area contributed by atoms with Gasteiger partial charge in [0.15, 0.2) is 0 Å². The number of sulfonamides is 1. The summed E-state index contributed by atoms with van der Waals surface area (Å²) in [7, 11) is -3.69. The molecule has 1 N–H and O–H groups in total. The Hall–Kier alpha value is -4.34. The van der Waals surface area contributed by atoms with E-state index in [1.807, 2.05) is 42.5 Å². The molecule has 1 amide bonds. The quantitative estimate of drug-likeness (QED) is 0.174. The monoisotopic (exact) mass is 574 g/mol. The third kappa shape index (κ3) is 6.70. The molecule has 4 aromatic rings. The van der Waals surface area contributed by atoms with Crippen LogP contribution in [-0.2, 0) is 14.8 Å². The van der Waals surface area contributed by atoms with Gasteiger partial charge in [0.25, 0.3) is 5.91 Å². The Bertz CT molecular complexity index is 1650. The van der Waals surface area contributed by atoms with Gasteiger partial charge in [-0.1, -0.05) is 78.9 Å². The number of hydrogen-bond acceptors (Lipinski definition) is 4. The molecule has 1 aliphatic rings. The van der Waals surface area contributed by atoms with E-state index in [1.54, 1.807) is 42.5 Å². The van der Waals surface area contributed by atoms with Crippen LogP contribution < -0.4 is 10.1 Å². The first-order valence-electron chi connectivity index (χ1n) is 13.1. The summed E-state index contributed by atoms with van der Waals surface area (Å²) in [4.78, 5) is 13.8. The van der Waals surface area contributed by atoms with Crippen LogP contribution in [0.4, 0.5) is 14.5 Å². The molecule has 0 aromatic heterocycles. The highest BCUT2D eigenvalue weighted by molar-refractivity contribution is 7.89. The van der Waals surface area contributed by atoms with Crippen molar-refractivity contribution >= 4 is 33.3 Å². The Labute approximate surface area is 238 Å². The van der Waals surface area contributed by atoms with E-state index in [-0.39, 0.29) is 21.8 Å². The van der Waals surface area contributed by atoms with Crippen LogP contribution in [0.3, 0.4) is 0 Å². The average molecular weight is 575 g/mol. The van der Waals surface area contributed by atoms with Crippen LogP contribution >= 0.6 is 0 Å². The fraction of sp³-hybridized carbons (Fsp3) is 0.156. The Kier molecular flexibility index (Phi) is 8.56. The summed E-state index contributed by atoms with van der Waals surface area (Å²) in [5, 5.41) is 2.79. The zero-order chi connectivity index (χ0) is 28.8. The van der Waals surface area contributed by atoms with Crippen LogP contribution in [-0.4, -0.2) is 38.3 Å². The molecule has 41 heavy (non-hydrogen) atoms. The average Bonchev–Trinajstić information content (AvgIpc) is 3.53. The number of carbonyl (C=O) groups excluding carboxylic acids is 1. The highest BCUT2D eigenvalue weighted by atomic mass is 32.2. The molecule has 6 nitrogen and oxygen atoms in total. The molecule has 0 unspecified atom stereocenters. The van der Waals surface area contributed by atoms with Crippen LogP contribution in [0.1, 0.15) is 24.0 Å². The zero-order valence-electron chi connectivity index (χ0n) is 22.0. The van der Waals surface area contributed by atoms with Crippen LogP contribution in [0.15, 0.2) is 108 Å². The van der Waals surface area contributed by atoms with Crippen molar-refractivity contribution in [3.05, 3.63) is 114 Å². The molecule has 1 fully saturated rings. The second-order valence-corrected chi connectivity index (χ2v) is 11.4. The van der Waals surface area contributed by atoms with Crippen molar-refractivity contribution in [1.29, 1.82) is 0 Å². The van der Waals surface area contributed by atoms with Gasteiger partial charge in [0.1, 0.15) is 5.75 Å². The standard InChI is InChI=1S/C32H28F2N2O4S/c33-32(34)40-30-14-5-4-11-26(30)21-29(25-17-15-24(16-18-25)23-9-2-1-3-10-23)31(37)35-27-12-8-13-28(22-27)41(38,39)36-19-6-7-20-36/h1-5,8-18,21-22,32H,6-7,19-20H2,(H,35,37). The number of hydrogen-bond donors (Lipinski definition) is 1. The van der Waals surface area contributed by atoms with Crippen molar-refractivity contribution in [2.45, 2.75) is 24.3 Å². The molecule has 0 spiro atoms. The van der Waals surface area contributed by atoms with Gasteiger partial charge in [0.05, 0.1) is 4.90 Å². The molecule has 0 atom stereocenters. The Morgan fingerprint density at radius 2 is 1.49 bits per heavy atom. The van der Waals surface area contributed by atoms with Crippen molar-refractivity contribution in [2.75, 3.05) is 18.4 Å². The van der Waals surface area contributed by atoms with Gasteiger partial charge in [-0.05, 0) is 59.9 Å². The molecule has 0 radical (unpaired) electrons. The van der Waals surface area contributed by atoms with Gasteiger partial charge in [-0.15, -0.1) is 0 Å². The third-order valence-electron chi connectivity index (χ3n) is 6.78. The molecular weight excluding hydrogens is 546 g/mol. The maximum absolute atomic E-state index is 13.7. The van der Waals surface area contributed by atoms with Gasteiger partial charge < -0.3 is 10.1 Å². The number of anilines is 1. The van der Waals surface area contributed by atoms with Gasteiger partial charge in [0, 0.05) is 29.9 Å². The van der Waals surface area contributed by atoms with Crippen LogP contribution in [0.5, 0.6) is 5.75 Å². The minimum Gasteiger partial charge on any atom is -0.434 e. The predicted molar refractivity (Wildman–Crippen MR) is 156 cm³/mol. The van der Waals surface area contributed by atoms with Crippen LogP contribution in [0, 0.1) is 0 Å². The van der Waals surface area contributed by atoms with Crippen molar-refractivity contribution < 1.29 is 26.7 Å². The lowest BCUT2D eigenvalue weighted by Crippen LogP contribution is -2.28. The lowest BCUT2D eigenvalue weighted by Gasteiger charge is -2.16. The second kappa shape index (κ2) is 12.4. The lowest BCUT2D eigenvalue weighted by atomic mass is 9.98. The predicted octanol–water partition coefficient (Wildman–Crippen LogP) is 6.92. The van der Waals surface area contributed by atoms with Gasteiger partial charge in [0.2, 0.25) is 10.0 Å². The first kappa shape index (κ1) is 28.2. The smallest absolute Gasteiger partial charge is 0.387 e. The Morgan fingerprint density at radius 3 is 2.20 bits per heavy atom. The van der Waals surface area contributed by atoms with E-state index in [1.165, 1.54) is 28.6 Å². The summed E-state index contributed by atoms with van der Waals surface area (Å²) in [6.07, 6.45) is 3.10. The molecule has 4 aromatic carbocycles. The Morgan fingerprint density at radius 1 is 0.829 bits per heavy atom. The van der Waals surface area contributed by atoms with E-state index in [2.05, 4.69) is 10.1 Å². The van der Waals surface area contributed by atoms with Gasteiger partial charge in [-0.2, -0.15) is 13.1 Å². The molecule has 9 heteroatoms. The van der Waals surface area contributed by atoms with Crippen LogP contribution in [0.2, 0.25) is 0 Å². The van der Waals surface area contributed by atoms with Gasteiger partial charge in [-0.3, -0.25) is 4.79 Å². The van der Waals surface area contributed by atoms with E-state index in [0.29, 0.717) is 24.3 Å². The lowest BCUT2D eigenvalue weighted by molar-refractivity contribution is -0.111. The van der Waals surface area contributed by atoms with E-state index in [0.717, 1.165) is 24.0 Å². The van der Waals surface area contributed by atoms with E-state index in [4.69, 9.17) is 0 Å². The van der Waals surface area contributed by atoms with Crippen LogP contribution in [0.25, 0.3) is 22.8 Å². The minimum absolute atomic E-state index is 0.0765. The zero-order valence-corrected chi connectivity index (χ0v) is 22.9. The summed E-state index contributed by atoms with van der Waals surface area (Å²) >= 11 is 0. The minimum atomic E-state index is -3.69. The number of ether oxygens (including phenoxy) is 1. The number of nitrogens with one attached hydrogen (secondary N) is 1. The van der Waals surface area contributed by atoms with Crippen molar-refractivity contribution in [2.24, 2.45) is 0 Å². The number of alkyl halides is 2. The molecule has 210 valence electrons. The maximum atomic E-state index is 13.7. The molecule has 0 aliphatic carbocycles. The maximum Gasteiger partial charge on any atom is 0.387 e. The summed E-state index contributed by atoms with van der Waals surface area (Å²) in [6, 6.07) is 29.3. The largest absolute Gasteiger partial charge is 0.434 e. The fourth-order valence-corrected chi connectivity index (χ4v) is 6.29. The van der Waals surface area contributed by atoms with Crippen molar-refractivity contribution in [3.63, 3.8) is 0 Å².